The van der Waals surface area contributed by atoms with E-state index in [9.17, 15) is 13.2 Å². The van der Waals surface area contributed by atoms with Crippen molar-refractivity contribution >= 4 is 21.6 Å². The standard InChI is InChI=1S/C24H32N2O3S/c1-16-10-9-11-20(23(27)26-12-7-8-13-26)21(16)25-30(28,29)22-17(2)14-19(15-18(22)3)24(4,5)6/h9-11,14-15,25H,7-8,12-13H2,1-6H3. The Balaban J connectivity index is 2.04. The monoisotopic (exact) mass is 428 g/mol. The van der Waals surface area contributed by atoms with E-state index >= 15 is 0 Å². The molecule has 2 aromatic carbocycles. The van der Waals surface area contributed by atoms with Crippen LogP contribution in [-0.4, -0.2) is 32.3 Å². The Morgan fingerprint density at radius 1 is 0.967 bits per heavy atom. The molecule has 30 heavy (non-hydrogen) atoms. The molecule has 2 aromatic rings. The van der Waals surface area contributed by atoms with Gasteiger partial charge in [-0.3, -0.25) is 9.52 Å². The van der Waals surface area contributed by atoms with Crippen LogP contribution < -0.4 is 4.72 Å². The SMILES string of the molecule is Cc1cccc(C(=O)N2CCCC2)c1NS(=O)(=O)c1c(C)cc(C(C)(C)C)cc1C. The van der Waals surface area contributed by atoms with Gasteiger partial charge >= 0.3 is 0 Å². The molecule has 0 aliphatic carbocycles. The number of anilines is 1. The maximum atomic E-state index is 13.4. The van der Waals surface area contributed by atoms with Gasteiger partial charge in [-0.15, -0.1) is 0 Å². The molecule has 6 heteroatoms. The number of carbonyl (C=O) groups excluding carboxylic acids is 1. The summed E-state index contributed by atoms with van der Waals surface area (Å²) in [4.78, 5) is 15.1. The fourth-order valence-electron chi connectivity index (χ4n) is 4.06. The second-order valence-corrected chi connectivity index (χ2v) is 10.9. The third-order valence-corrected chi connectivity index (χ3v) is 7.38. The second-order valence-electron chi connectivity index (χ2n) is 9.29. The maximum Gasteiger partial charge on any atom is 0.262 e. The lowest BCUT2D eigenvalue weighted by Gasteiger charge is -2.23. The van der Waals surface area contributed by atoms with E-state index in [-0.39, 0.29) is 16.2 Å². The van der Waals surface area contributed by atoms with Gasteiger partial charge < -0.3 is 4.90 Å². The highest BCUT2D eigenvalue weighted by Gasteiger charge is 2.27. The number of sulfonamides is 1. The molecule has 0 radical (unpaired) electrons. The van der Waals surface area contributed by atoms with E-state index in [4.69, 9.17) is 0 Å². The van der Waals surface area contributed by atoms with Crippen LogP contribution in [0, 0.1) is 20.8 Å². The fraction of sp³-hybridized carbons (Fsp3) is 0.458. The van der Waals surface area contributed by atoms with Crippen molar-refractivity contribution < 1.29 is 13.2 Å². The van der Waals surface area contributed by atoms with Crippen molar-refractivity contribution in [2.75, 3.05) is 17.8 Å². The van der Waals surface area contributed by atoms with Crippen LogP contribution in [0.4, 0.5) is 5.69 Å². The van der Waals surface area contributed by atoms with E-state index < -0.39 is 10.0 Å². The van der Waals surface area contributed by atoms with E-state index in [1.54, 1.807) is 17.0 Å². The Morgan fingerprint density at radius 2 is 1.53 bits per heavy atom. The van der Waals surface area contributed by atoms with Crippen LogP contribution in [0.5, 0.6) is 0 Å². The zero-order valence-corrected chi connectivity index (χ0v) is 19.6. The molecule has 1 N–H and O–H groups in total. The second kappa shape index (κ2) is 8.06. The van der Waals surface area contributed by atoms with Crippen LogP contribution in [0.1, 0.15) is 66.2 Å². The average Bonchev–Trinajstić information content (AvgIpc) is 3.15. The summed E-state index contributed by atoms with van der Waals surface area (Å²) in [6, 6.07) is 9.20. The number of hydrogen-bond acceptors (Lipinski definition) is 3. The Morgan fingerprint density at radius 3 is 2.07 bits per heavy atom. The molecule has 5 nitrogen and oxygen atoms in total. The van der Waals surface area contributed by atoms with Gasteiger partial charge in [-0.1, -0.05) is 45.0 Å². The molecule has 1 aliphatic rings. The lowest BCUT2D eigenvalue weighted by Crippen LogP contribution is -2.29. The molecule has 1 heterocycles. The lowest BCUT2D eigenvalue weighted by atomic mass is 9.85. The van der Waals surface area contributed by atoms with Crippen LogP contribution >= 0.6 is 0 Å². The number of rotatable bonds is 4. The Kier molecular flexibility index (Phi) is 6.01. The fourth-order valence-corrected chi connectivity index (χ4v) is 5.67. The van der Waals surface area contributed by atoms with Gasteiger partial charge in [0.1, 0.15) is 0 Å². The van der Waals surface area contributed by atoms with Gasteiger partial charge in [-0.05, 0) is 67.3 Å². The van der Waals surface area contributed by atoms with Crippen molar-refractivity contribution in [2.24, 2.45) is 0 Å². The first kappa shape index (κ1) is 22.3. The molecule has 1 fully saturated rings. The average molecular weight is 429 g/mol. The first-order valence-corrected chi connectivity index (χ1v) is 11.9. The van der Waals surface area contributed by atoms with Crippen LogP contribution in [0.25, 0.3) is 0 Å². The number of carbonyl (C=O) groups is 1. The van der Waals surface area contributed by atoms with E-state index in [1.165, 1.54) is 0 Å². The van der Waals surface area contributed by atoms with Gasteiger partial charge in [0.15, 0.2) is 0 Å². The minimum atomic E-state index is -3.86. The molecule has 162 valence electrons. The number of nitrogens with zero attached hydrogens (tertiary/aromatic N) is 1. The van der Waals surface area contributed by atoms with E-state index in [2.05, 4.69) is 25.5 Å². The summed E-state index contributed by atoms with van der Waals surface area (Å²) in [5, 5.41) is 0. The molecule has 0 spiro atoms. The van der Waals surface area contributed by atoms with E-state index in [0.29, 0.717) is 35.5 Å². The highest BCUT2D eigenvalue weighted by molar-refractivity contribution is 7.92. The third-order valence-electron chi connectivity index (χ3n) is 5.73. The summed E-state index contributed by atoms with van der Waals surface area (Å²) < 4.78 is 29.6. The molecule has 0 atom stereocenters. The van der Waals surface area contributed by atoms with E-state index in [0.717, 1.165) is 24.0 Å². The topological polar surface area (TPSA) is 66.5 Å². The zero-order chi connectivity index (χ0) is 22.3. The van der Waals surface area contributed by atoms with Gasteiger partial charge in [0.05, 0.1) is 16.1 Å². The van der Waals surface area contributed by atoms with Crippen LogP contribution in [0.2, 0.25) is 0 Å². The van der Waals surface area contributed by atoms with Crippen molar-refractivity contribution in [1.29, 1.82) is 0 Å². The first-order chi connectivity index (χ1) is 13.9. The number of hydrogen-bond donors (Lipinski definition) is 1. The highest BCUT2D eigenvalue weighted by atomic mass is 32.2. The molecular weight excluding hydrogens is 396 g/mol. The first-order valence-electron chi connectivity index (χ1n) is 10.5. The Hall–Kier alpha value is -2.34. The summed E-state index contributed by atoms with van der Waals surface area (Å²) in [5.41, 5.74) is 3.93. The summed E-state index contributed by atoms with van der Waals surface area (Å²) in [6.45, 7) is 13.2. The van der Waals surface area contributed by atoms with Gasteiger partial charge in [0.25, 0.3) is 15.9 Å². The zero-order valence-electron chi connectivity index (χ0n) is 18.8. The number of likely N-dealkylation sites (tertiary alicyclic amines) is 1. The van der Waals surface area contributed by atoms with Crippen molar-refractivity contribution in [2.45, 2.75) is 64.7 Å². The lowest BCUT2D eigenvalue weighted by molar-refractivity contribution is 0.0794. The summed E-state index contributed by atoms with van der Waals surface area (Å²) in [7, 11) is -3.86. The van der Waals surface area contributed by atoms with Gasteiger partial charge in [-0.2, -0.15) is 0 Å². The third kappa shape index (κ3) is 4.38. The molecule has 1 aliphatic heterocycles. The highest BCUT2D eigenvalue weighted by Crippen LogP contribution is 2.32. The van der Waals surface area contributed by atoms with Crippen molar-refractivity contribution in [3.8, 4) is 0 Å². The maximum absolute atomic E-state index is 13.4. The molecule has 1 amide bonds. The van der Waals surface area contributed by atoms with E-state index in [1.807, 2.05) is 39.0 Å². The van der Waals surface area contributed by atoms with Crippen LogP contribution in [0.15, 0.2) is 35.2 Å². The normalized spacial score (nSPS) is 14.8. The number of benzene rings is 2. The minimum Gasteiger partial charge on any atom is -0.339 e. The smallest absolute Gasteiger partial charge is 0.262 e. The molecule has 0 saturated carbocycles. The van der Waals surface area contributed by atoms with Gasteiger partial charge in [0.2, 0.25) is 0 Å². The summed E-state index contributed by atoms with van der Waals surface area (Å²) in [6.07, 6.45) is 1.97. The molecular formula is C24H32N2O3S. The molecule has 0 bridgehead atoms. The van der Waals surface area contributed by atoms with Crippen molar-refractivity contribution in [3.63, 3.8) is 0 Å². The predicted octanol–water partition coefficient (Wildman–Crippen LogP) is 4.95. The number of nitrogens with one attached hydrogen (secondary N) is 1. The number of amides is 1. The predicted molar refractivity (Wildman–Crippen MR) is 122 cm³/mol. The Bertz CT molecular complexity index is 1050. The number of aryl methyl sites for hydroxylation is 3. The van der Waals surface area contributed by atoms with Crippen molar-refractivity contribution in [1.82, 2.24) is 4.90 Å². The molecule has 3 rings (SSSR count). The van der Waals surface area contributed by atoms with Crippen LogP contribution in [-0.2, 0) is 15.4 Å². The summed E-state index contributed by atoms with van der Waals surface area (Å²) in [5.74, 6) is -0.120. The largest absolute Gasteiger partial charge is 0.339 e. The Labute approximate surface area is 180 Å². The summed E-state index contributed by atoms with van der Waals surface area (Å²) >= 11 is 0. The minimum absolute atomic E-state index is 0.0728. The quantitative estimate of drug-likeness (QED) is 0.749. The van der Waals surface area contributed by atoms with Crippen LogP contribution in [0.3, 0.4) is 0 Å². The molecule has 0 aromatic heterocycles. The van der Waals surface area contributed by atoms with Gasteiger partial charge in [-0.25, -0.2) is 8.42 Å². The molecule has 1 saturated heterocycles. The molecule has 0 unspecified atom stereocenters. The van der Waals surface area contributed by atoms with Crippen molar-refractivity contribution in [3.05, 3.63) is 58.1 Å². The van der Waals surface area contributed by atoms with Gasteiger partial charge in [0, 0.05) is 13.1 Å². The number of para-hydroxylation sites is 1.